The Morgan fingerprint density at radius 3 is 2.68 bits per heavy atom. The first-order valence-electron chi connectivity index (χ1n) is 12.2. The number of ether oxygens (including phenoxy) is 3. The van der Waals surface area contributed by atoms with Gasteiger partial charge in [0.25, 0.3) is 5.91 Å². The van der Waals surface area contributed by atoms with Crippen molar-refractivity contribution >= 4 is 40.9 Å². The molecule has 198 valence electrons. The Bertz CT molecular complexity index is 1140. The second kappa shape index (κ2) is 12.3. The van der Waals surface area contributed by atoms with Crippen LogP contribution < -0.4 is 26.0 Å². The van der Waals surface area contributed by atoms with Gasteiger partial charge in [-0.15, -0.1) is 0 Å². The first-order chi connectivity index (χ1) is 17.8. The number of benzene rings is 2. The van der Waals surface area contributed by atoms with Crippen molar-refractivity contribution in [3.8, 4) is 5.75 Å². The number of fused-ring (bicyclic) bond motifs is 2. The van der Waals surface area contributed by atoms with E-state index in [-0.39, 0.29) is 31.0 Å². The number of para-hydroxylation sites is 1. The third kappa shape index (κ3) is 6.94. The summed E-state index contributed by atoms with van der Waals surface area (Å²) >= 11 is 1.66. The summed E-state index contributed by atoms with van der Waals surface area (Å²) in [5, 5.41) is 11.5. The number of carbonyl (C=O) groups is 3. The highest BCUT2D eigenvalue weighted by Gasteiger charge is 2.33. The Morgan fingerprint density at radius 1 is 1.11 bits per heavy atom. The van der Waals surface area contributed by atoms with Crippen LogP contribution in [0.15, 0.2) is 52.3 Å². The van der Waals surface area contributed by atoms with Crippen LogP contribution in [0.5, 0.6) is 5.75 Å². The van der Waals surface area contributed by atoms with E-state index in [1.54, 1.807) is 17.8 Å². The molecule has 3 amide bonds. The van der Waals surface area contributed by atoms with Crippen LogP contribution in [0.2, 0.25) is 0 Å². The number of hydrogen-bond acceptors (Lipinski definition) is 8. The Morgan fingerprint density at radius 2 is 1.89 bits per heavy atom. The fourth-order valence-corrected chi connectivity index (χ4v) is 5.02. The zero-order valence-electron chi connectivity index (χ0n) is 21.0. The van der Waals surface area contributed by atoms with E-state index in [2.05, 4.69) is 27.3 Å². The van der Waals surface area contributed by atoms with Crippen LogP contribution in [0, 0.1) is 5.92 Å². The quantitative estimate of drug-likeness (QED) is 0.316. The lowest BCUT2D eigenvalue weighted by Gasteiger charge is -2.25. The molecule has 2 heterocycles. The molecule has 4 N–H and O–H groups in total. The number of nitrogens with one attached hydrogen (secondary N) is 4. The Labute approximate surface area is 220 Å². The van der Waals surface area contributed by atoms with E-state index in [0.29, 0.717) is 18.8 Å². The molecule has 0 saturated carbocycles. The summed E-state index contributed by atoms with van der Waals surface area (Å²) in [5.74, 6) is -0.863. The molecule has 2 aliphatic rings. The summed E-state index contributed by atoms with van der Waals surface area (Å²) in [6.45, 7) is 3.64. The topological polar surface area (TPSA) is 127 Å². The first-order valence-corrected chi connectivity index (χ1v) is 13.0. The van der Waals surface area contributed by atoms with Crippen molar-refractivity contribution in [1.82, 2.24) is 16.0 Å². The number of hydrogen-bond donors (Lipinski definition) is 4. The van der Waals surface area contributed by atoms with E-state index < -0.39 is 24.1 Å². The van der Waals surface area contributed by atoms with Gasteiger partial charge in [-0.25, -0.2) is 0 Å². The van der Waals surface area contributed by atoms with E-state index >= 15 is 0 Å². The molecule has 0 aliphatic carbocycles. The third-order valence-electron chi connectivity index (χ3n) is 6.01. The van der Waals surface area contributed by atoms with Gasteiger partial charge < -0.3 is 35.5 Å². The second-order valence-electron chi connectivity index (χ2n) is 9.11. The maximum atomic E-state index is 12.8. The largest absolute Gasteiger partial charge is 0.484 e. The van der Waals surface area contributed by atoms with Crippen molar-refractivity contribution in [3.63, 3.8) is 0 Å². The predicted octanol–water partition coefficient (Wildman–Crippen LogP) is 2.41. The molecule has 1 unspecified atom stereocenters. The molecule has 37 heavy (non-hydrogen) atoms. The third-order valence-corrected chi connectivity index (χ3v) is 7.16. The molecule has 0 spiro atoms. The van der Waals surface area contributed by atoms with Gasteiger partial charge in [0, 0.05) is 23.0 Å². The fraction of sp³-hybridized carbons (Fsp3) is 0.423. The van der Waals surface area contributed by atoms with E-state index in [1.165, 1.54) is 7.11 Å². The minimum atomic E-state index is -0.759. The number of anilines is 2. The zero-order valence-corrected chi connectivity index (χ0v) is 21.9. The van der Waals surface area contributed by atoms with Crippen LogP contribution in [-0.4, -0.2) is 63.0 Å². The van der Waals surface area contributed by atoms with Crippen molar-refractivity contribution in [2.45, 2.75) is 48.4 Å². The molecule has 10 nitrogen and oxygen atoms in total. The molecule has 1 saturated heterocycles. The monoisotopic (exact) mass is 528 g/mol. The lowest BCUT2D eigenvalue weighted by molar-refractivity contribution is -0.134. The molecular weight excluding hydrogens is 496 g/mol. The molecule has 1 fully saturated rings. The maximum absolute atomic E-state index is 12.8. The van der Waals surface area contributed by atoms with Crippen molar-refractivity contribution in [3.05, 3.63) is 42.5 Å². The Kier molecular flexibility index (Phi) is 8.91. The number of amides is 3. The van der Waals surface area contributed by atoms with Crippen LogP contribution >= 0.6 is 11.8 Å². The van der Waals surface area contributed by atoms with Gasteiger partial charge in [-0.1, -0.05) is 37.7 Å². The average Bonchev–Trinajstić information content (AvgIpc) is 3.34. The Hall–Kier alpha value is -3.28. The van der Waals surface area contributed by atoms with Gasteiger partial charge in [0.15, 0.2) is 12.9 Å². The summed E-state index contributed by atoms with van der Waals surface area (Å²) < 4.78 is 16.3. The number of methoxy groups -OCH3 is 1. The SMILES string of the molecule is COC1OCC[C@@H]1NC(=O)[C@@H](NC(=O)CNC(=O)COc1ccc2c(c1)Nc1ccccc1S2)C(C)C. The van der Waals surface area contributed by atoms with Crippen molar-refractivity contribution < 1.29 is 28.6 Å². The summed E-state index contributed by atoms with van der Waals surface area (Å²) in [5.41, 5.74) is 1.92. The van der Waals surface area contributed by atoms with E-state index in [9.17, 15) is 14.4 Å². The molecule has 0 radical (unpaired) electrons. The molecule has 0 aromatic heterocycles. The molecule has 2 aromatic carbocycles. The lowest BCUT2D eigenvalue weighted by Crippen LogP contribution is -2.55. The second-order valence-corrected chi connectivity index (χ2v) is 10.2. The van der Waals surface area contributed by atoms with Crippen LogP contribution in [0.25, 0.3) is 0 Å². The van der Waals surface area contributed by atoms with E-state index in [1.807, 2.05) is 44.2 Å². The van der Waals surface area contributed by atoms with Gasteiger partial charge in [0.2, 0.25) is 11.8 Å². The minimum Gasteiger partial charge on any atom is -0.484 e. The Balaban J connectivity index is 1.22. The van der Waals surface area contributed by atoms with E-state index in [4.69, 9.17) is 14.2 Å². The van der Waals surface area contributed by atoms with Gasteiger partial charge in [0.1, 0.15) is 11.8 Å². The summed E-state index contributed by atoms with van der Waals surface area (Å²) in [4.78, 5) is 39.7. The first kappa shape index (κ1) is 26.8. The lowest BCUT2D eigenvalue weighted by atomic mass is 10.0. The average molecular weight is 529 g/mol. The molecule has 11 heteroatoms. The molecule has 2 aromatic rings. The van der Waals surface area contributed by atoms with Crippen molar-refractivity contribution in [1.29, 1.82) is 0 Å². The summed E-state index contributed by atoms with van der Waals surface area (Å²) in [7, 11) is 1.52. The molecule has 0 bridgehead atoms. The maximum Gasteiger partial charge on any atom is 0.258 e. The van der Waals surface area contributed by atoms with Crippen LogP contribution in [0.1, 0.15) is 20.3 Å². The van der Waals surface area contributed by atoms with Gasteiger partial charge in [0.05, 0.1) is 30.6 Å². The molecule has 3 atom stereocenters. The van der Waals surface area contributed by atoms with Crippen LogP contribution in [0.3, 0.4) is 0 Å². The van der Waals surface area contributed by atoms with Crippen molar-refractivity contribution in [2.75, 3.05) is 32.2 Å². The van der Waals surface area contributed by atoms with Gasteiger partial charge in [-0.2, -0.15) is 0 Å². The highest BCUT2D eigenvalue weighted by atomic mass is 32.2. The van der Waals surface area contributed by atoms with Gasteiger partial charge in [-0.05, 0) is 36.6 Å². The van der Waals surface area contributed by atoms with Crippen LogP contribution in [0.4, 0.5) is 11.4 Å². The molecule has 4 rings (SSSR count). The fourth-order valence-electron chi connectivity index (χ4n) is 4.05. The summed E-state index contributed by atoms with van der Waals surface area (Å²) in [6.07, 6.45) is 0.123. The van der Waals surface area contributed by atoms with E-state index in [0.717, 1.165) is 21.2 Å². The predicted molar refractivity (Wildman–Crippen MR) is 139 cm³/mol. The van der Waals surface area contributed by atoms with Gasteiger partial charge in [-0.3, -0.25) is 14.4 Å². The number of rotatable bonds is 10. The highest BCUT2D eigenvalue weighted by molar-refractivity contribution is 7.99. The normalized spacial score (nSPS) is 18.7. The van der Waals surface area contributed by atoms with Crippen LogP contribution in [-0.2, 0) is 23.9 Å². The molecular formula is C26H32N4O6S. The smallest absolute Gasteiger partial charge is 0.258 e. The van der Waals surface area contributed by atoms with Gasteiger partial charge >= 0.3 is 0 Å². The zero-order chi connectivity index (χ0) is 26.4. The standard InChI is InChI=1S/C26H32N4O6S/c1-15(2)24(25(33)29-18-10-11-35-26(18)34-3)30-22(31)13-27-23(32)14-36-16-8-9-21-19(12-16)28-17-6-4-5-7-20(17)37-21/h4-9,12,15,18,24,26,28H,10-11,13-14H2,1-3H3,(H,27,32)(H,29,33)(H,30,31)/t18-,24-,26?/m0/s1. The minimum absolute atomic E-state index is 0.158. The summed E-state index contributed by atoms with van der Waals surface area (Å²) in [6, 6.07) is 12.6. The number of carbonyl (C=O) groups excluding carboxylic acids is 3. The highest BCUT2D eigenvalue weighted by Crippen LogP contribution is 2.44. The molecule has 2 aliphatic heterocycles. The van der Waals surface area contributed by atoms with Crippen molar-refractivity contribution in [2.24, 2.45) is 5.92 Å².